The number of para-hydroxylation sites is 2. The zero-order valence-corrected chi connectivity index (χ0v) is 13.5. The maximum absolute atomic E-state index is 6.04. The third-order valence-electron chi connectivity index (χ3n) is 3.70. The Morgan fingerprint density at radius 1 is 0.792 bits per heavy atom. The lowest BCUT2D eigenvalue weighted by Crippen LogP contribution is -2.02. The second kappa shape index (κ2) is 8.14. The van der Waals surface area contributed by atoms with Gasteiger partial charge in [0.05, 0.1) is 6.61 Å². The van der Waals surface area contributed by atoms with Crippen LogP contribution in [-0.4, -0.2) is 0 Å². The largest absolute Gasteiger partial charge is 0.457 e. The Morgan fingerprint density at radius 2 is 1.42 bits per heavy atom. The van der Waals surface area contributed by atoms with Crippen LogP contribution >= 0.6 is 0 Å². The third-order valence-corrected chi connectivity index (χ3v) is 3.70. The molecular formula is C22H20O2. The highest BCUT2D eigenvalue weighted by Crippen LogP contribution is 2.27. The van der Waals surface area contributed by atoms with Gasteiger partial charge in [0, 0.05) is 5.56 Å². The summed E-state index contributed by atoms with van der Waals surface area (Å²) in [6, 6.07) is 27.8. The van der Waals surface area contributed by atoms with Crippen molar-refractivity contribution in [2.24, 2.45) is 0 Å². The SMILES string of the molecule is C=CC(OCc1ccccc1Oc1ccccc1)c1ccccc1. The van der Waals surface area contributed by atoms with Gasteiger partial charge in [0.1, 0.15) is 17.6 Å². The van der Waals surface area contributed by atoms with Crippen LogP contribution in [0.2, 0.25) is 0 Å². The summed E-state index contributed by atoms with van der Waals surface area (Å²) >= 11 is 0. The number of rotatable bonds is 7. The summed E-state index contributed by atoms with van der Waals surface area (Å²) in [5, 5.41) is 0. The predicted molar refractivity (Wildman–Crippen MR) is 97.1 cm³/mol. The van der Waals surface area contributed by atoms with Crippen LogP contribution in [0.4, 0.5) is 0 Å². The monoisotopic (exact) mass is 316 g/mol. The van der Waals surface area contributed by atoms with Crippen molar-refractivity contribution in [1.82, 2.24) is 0 Å². The van der Waals surface area contributed by atoms with Gasteiger partial charge in [0.15, 0.2) is 0 Å². The zero-order valence-electron chi connectivity index (χ0n) is 13.5. The Kier molecular flexibility index (Phi) is 5.44. The first kappa shape index (κ1) is 16.0. The van der Waals surface area contributed by atoms with Crippen LogP contribution in [0.5, 0.6) is 11.5 Å². The van der Waals surface area contributed by atoms with E-state index >= 15 is 0 Å². The molecule has 0 bridgehead atoms. The van der Waals surface area contributed by atoms with Gasteiger partial charge >= 0.3 is 0 Å². The van der Waals surface area contributed by atoms with E-state index < -0.39 is 0 Å². The van der Waals surface area contributed by atoms with E-state index in [0.29, 0.717) is 6.61 Å². The van der Waals surface area contributed by atoms with Crippen LogP contribution in [0, 0.1) is 0 Å². The van der Waals surface area contributed by atoms with Crippen molar-refractivity contribution in [3.8, 4) is 11.5 Å². The number of benzene rings is 3. The predicted octanol–water partition coefficient (Wildman–Crippen LogP) is 5.92. The van der Waals surface area contributed by atoms with E-state index in [9.17, 15) is 0 Å². The Bertz CT molecular complexity index is 766. The van der Waals surface area contributed by atoms with Crippen LogP contribution in [0.15, 0.2) is 97.6 Å². The topological polar surface area (TPSA) is 18.5 Å². The summed E-state index contributed by atoms with van der Waals surface area (Å²) in [6.07, 6.45) is 1.67. The van der Waals surface area contributed by atoms with Crippen molar-refractivity contribution in [3.05, 3.63) is 109 Å². The van der Waals surface area contributed by atoms with Gasteiger partial charge in [-0.15, -0.1) is 6.58 Å². The molecule has 0 spiro atoms. The maximum atomic E-state index is 6.04. The lowest BCUT2D eigenvalue weighted by molar-refractivity contribution is 0.0710. The van der Waals surface area contributed by atoms with E-state index in [1.807, 2.05) is 91.0 Å². The molecule has 0 aliphatic carbocycles. The average molecular weight is 316 g/mol. The Labute approximate surface area is 143 Å². The van der Waals surface area contributed by atoms with Gasteiger partial charge in [-0.3, -0.25) is 0 Å². The summed E-state index contributed by atoms with van der Waals surface area (Å²) in [7, 11) is 0. The number of hydrogen-bond acceptors (Lipinski definition) is 2. The molecule has 0 heterocycles. The molecule has 0 saturated carbocycles. The number of ether oxygens (including phenoxy) is 2. The van der Waals surface area contributed by atoms with Gasteiger partial charge in [-0.1, -0.05) is 72.8 Å². The maximum Gasteiger partial charge on any atom is 0.132 e. The molecule has 1 atom stereocenters. The Balaban J connectivity index is 1.72. The highest BCUT2D eigenvalue weighted by Gasteiger charge is 2.10. The molecule has 0 radical (unpaired) electrons. The van der Waals surface area contributed by atoms with Gasteiger partial charge in [0.25, 0.3) is 0 Å². The molecule has 3 rings (SSSR count). The molecule has 3 aromatic carbocycles. The van der Waals surface area contributed by atoms with Crippen LogP contribution in [0.3, 0.4) is 0 Å². The average Bonchev–Trinajstić information content (AvgIpc) is 2.65. The van der Waals surface area contributed by atoms with Crippen LogP contribution in [0.1, 0.15) is 17.2 Å². The zero-order chi connectivity index (χ0) is 16.6. The molecular weight excluding hydrogens is 296 g/mol. The number of hydrogen-bond donors (Lipinski definition) is 0. The van der Waals surface area contributed by atoms with Crippen molar-refractivity contribution in [2.45, 2.75) is 12.7 Å². The summed E-state index contributed by atoms with van der Waals surface area (Å²) in [6.45, 7) is 4.34. The normalized spacial score (nSPS) is 11.7. The van der Waals surface area contributed by atoms with Crippen LogP contribution in [-0.2, 0) is 11.3 Å². The van der Waals surface area contributed by atoms with Crippen molar-refractivity contribution >= 4 is 0 Å². The third kappa shape index (κ3) is 4.12. The molecule has 2 heteroatoms. The van der Waals surface area contributed by atoms with Crippen LogP contribution in [0.25, 0.3) is 0 Å². The summed E-state index contributed by atoms with van der Waals surface area (Å²) in [5.74, 6) is 1.62. The highest BCUT2D eigenvalue weighted by atomic mass is 16.5. The summed E-state index contributed by atoms with van der Waals surface area (Å²) in [4.78, 5) is 0. The molecule has 0 aliphatic heterocycles. The molecule has 0 N–H and O–H groups in total. The van der Waals surface area contributed by atoms with Gasteiger partial charge in [-0.05, 0) is 23.8 Å². The van der Waals surface area contributed by atoms with E-state index in [2.05, 4.69) is 6.58 Å². The van der Waals surface area contributed by atoms with E-state index in [4.69, 9.17) is 9.47 Å². The standard InChI is InChI=1S/C22H20O2/c1-2-21(18-11-5-3-6-12-18)23-17-19-13-9-10-16-22(19)24-20-14-7-4-8-15-20/h2-16,21H,1,17H2. The van der Waals surface area contributed by atoms with Crippen molar-refractivity contribution in [2.75, 3.05) is 0 Å². The van der Waals surface area contributed by atoms with Gasteiger partial charge in [0.2, 0.25) is 0 Å². The first-order chi connectivity index (χ1) is 11.9. The molecule has 2 nitrogen and oxygen atoms in total. The molecule has 1 unspecified atom stereocenters. The fourth-order valence-electron chi connectivity index (χ4n) is 2.46. The second-order valence-electron chi connectivity index (χ2n) is 5.40. The molecule has 0 aliphatic rings. The lowest BCUT2D eigenvalue weighted by atomic mass is 10.1. The van der Waals surface area contributed by atoms with Crippen molar-refractivity contribution in [1.29, 1.82) is 0 Å². The molecule has 0 fully saturated rings. The quantitative estimate of drug-likeness (QED) is 0.503. The molecule has 120 valence electrons. The molecule has 24 heavy (non-hydrogen) atoms. The molecule has 3 aromatic rings. The van der Waals surface area contributed by atoms with Crippen molar-refractivity contribution < 1.29 is 9.47 Å². The first-order valence-corrected chi connectivity index (χ1v) is 7.97. The van der Waals surface area contributed by atoms with E-state index in [1.165, 1.54) is 0 Å². The summed E-state index contributed by atoms with van der Waals surface area (Å²) < 4.78 is 12.0. The smallest absolute Gasteiger partial charge is 0.132 e. The molecule has 0 saturated heterocycles. The minimum absolute atomic E-state index is 0.143. The summed E-state index contributed by atoms with van der Waals surface area (Å²) in [5.41, 5.74) is 2.10. The van der Waals surface area contributed by atoms with Gasteiger partial charge in [-0.25, -0.2) is 0 Å². The Hall–Kier alpha value is -2.84. The van der Waals surface area contributed by atoms with Crippen LogP contribution < -0.4 is 4.74 Å². The van der Waals surface area contributed by atoms with Gasteiger partial charge < -0.3 is 9.47 Å². The second-order valence-corrected chi connectivity index (χ2v) is 5.40. The van der Waals surface area contributed by atoms with E-state index in [-0.39, 0.29) is 6.10 Å². The fraction of sp³-hybridized carbons (Fsp3) is 0.0909. The minimum atomic E-state index is -0.143. The van der Waals surface area contributed by atoms with E-state index in [1.54, 1.807) is 0 Å². The fourth-order valence-corrected chi connectivity index (χ4v) is 2.46. The highest BCUT2D eigenvalue weighted by molar-refractivity contribution is 5.37. The minimum Gasteiger partial charge on any atom is -0.457 e. The first-order valence-electron chi connectivity index (χ1n) is 7.97. The molecule has 0 aromatic heterocycles. The van der Waals surface area contributed by atoms with Crippen molar-refractivity contribution in [3.63, 3.8) is 0 Å². The lowest BCUT2D eigenvalue weighted by Gasteiger charge is -2.16. The Morgan fingerprint density at radius 3 is 2.12 bits per heavy atom. The van der Waals surface area contributed by atoms with Gasteiger partial charge in [-0.2, -0.15) is 0 Å². The van der Waals surface area contributed by atoms with E-state index in [0.717, 1.165) is 22.6 Å². The molecule has 0 amide bonds.